The van der Waals surface area contributed by atoms with Crippen LogP contribution < -0.4 is 11.1 Å². The summed E-state index contributed by atoms with van der Waals surface area (Å²) in [6.45, 7) is 0. The monoisotopic (exact) mass is 421 g/mol. The van der Waals surface area contributed by atoms with Crippen LogP contribution in [0.2, 0.25) is 5.02 Å². The molecule has 0 spiro atoms. The van der Waals surface area contributed by atoms with Crippen molar-refractivity contribution in [1.82, 2.24) is 4.98 Å². The Morgan fingerprint density at radius 2 is 1.90 bits per heavy atom. The zero-order chi connectivity index (χ0) is 20.0. The fraction of sp³-hybridized carbons (Fsp3) is 0.0476. The van der Waals surface area contributed by atoms with Crippen LogP contribution in [0, 0.1) is 0 Å². The van der Waals surface area contributed by atoms with Crippen LogP contribution in [0.5, 0.6) is 0 Å². The number of Topliss-reactive ketones (excluding diaryl/α,β-unsaturated/α-hetero) is 1. The van der Waals surface area contributed by atoms with E-state index in [4.69, 9.17) is 16.0 Å². The molecule has 0 saturated heterocycles. The topological polar surface area (TPSA) is 84.6 Å². The Bertz CT molecular complexity index is 1370. The highest BCUT2D eigenvalue weighted by Crippen LogP contribution is 2.27. The molecule has 8 heteroatoms. The Labute approximate surface area is 173 Å². The SMILES string of the molecule is O=C1CC(=NNc2nc(-c3cc4cc(Cl)ccc4oc3=O)cs2)c2ccccc21. The van der Waals surface area contributed by atoms with Crippen molar-refractivity contribution in [1.29, 1.82) is 0 Å². The van der Waals surface area contributed by atoms with E-state index in [9.17, 15) is 9.59 Å². The molecule has 0 bridgehead atoms. The number of fused-ring (bicyclic) bond motifs is 2. The molecule has 0 fully saturated rings. The predicted molar refractivity (Wildman–Crippen MR) is 114 cm³/mol. The molecule has 2 heterocycles. The van der Waals surface area contributed by atoms with Crippen LogP contribution in [0.1, 0.15) is 22.3 Å². The van der Waals surface area contributed by atoms with E-state index in [1.165, 1.54) is 11.3 Å². The molecular formula is C21H12ClN3O3S. The smallest absolute Gasteiger partial charge is 0.345 e. The molecule has 2 aromatic heterocycles. The van der Waals surface area contributed by atoms with E-state index in [-0.39, 0.29) is 12.2 Å². The van der Waals surface area contributed by atoms with E-state index < -0.39 is 5.63 Å². The van der Waals surface area contributed by atoms with Crippen LogP contribution >= 0.6 is 22.9 Å². The number of aromatic nitrogens is 1. The average molecular weight is 422 g/mol. The van der Waals surface area contributed by atoms with Crippen LogP contribution in [0.3, 0.4) is 0 Å². The lowest BCUT2D eigenvalue weighted by Crippen LogP contribution is -2.03. The van der Waals surface area contributed by atoms with Gasteiger partial charge in [0.05, 0.1) is 23.4 Å². The maximum absolute atomic E-state index is 12.3. The average Bonchev–Trinajstić information content (AvgIpc) is 3.31. The first kappa shape index (κ1) is 17.8. The number of hydrogen-bond acceptors (Lipinski definition) is 7. The Balaban J connectivity index is 1.45. The van der Waals surface area contributed by atoms with Gasteiger partial charge >= 0.3 is 5.63 Å². The molecule has 4 aromatic rings. The van der Waals surface area contributed by atoms with Gasteiger partial charge in [0.25, 0.3) is 0 Å². The molecule has 0 aliphatic heterocycles. The lowest BCUT2D eigenvalue weighted by molar-refractivity contribution is 0.101. The first-order chi connectivity index (χ1) is 14.1. The number of carbonyl (C=O) groups is 1. The van der Waals surface area contributed by atoms with Gasteiger partial charge in [0, 0.05) is 26.9 Å². The van der Waals surface area contributed by atoms with E-state index in [1.54, 1.807) is 35.7 Å². The maximum atomic E-state index is 12.3. The fourth-order valence-corrected chi connectivity index (χ4v) is 4.09. The molecule has 142 valence electrons. The third-order valence-electron chi connectivity index (χ3n) is 4.63. The molecule has 6 nitrogen and oxygen atoms in total. The van der Waals surface area contributed by atoms with E-state index in [2.05, 4.69) is 15.5 Å². The highest BCUT2D eigenvalue weighted by atomic mass is 35.5. The van der Waals surface area contributed by atoms with Gasteiger partial charge in [0.1, 0.15) is 5.58 Å². The molecule has 0 saturated carbocycles. The second kappa shape index (κ2) is 6.95. The number of thiazole rings is 1. The molecule has 1 N–H and O–H groups in total. The van der Waals surface area contributed by atoms with E-state index in [1.807, 2.05) is 18.2 Å². The van der Waals surface area contributed by atoms with E-state index in [0.29, 0.717) is 38.3 Å². The highest BCUT2D eigenvalue weighted by molar-refractivity contribution is 7.14. The minimum absolute atomic E-state index is 0.0495. The molecule has 1 aliphatic rings. The van der Waals surface area contributed by atoms with Crippen LogP contribution in [-0.2, 0) is 0 Å². The van der Waals surface area contributed by atoms with Crippen molar-refractivity contribution >= 4 is 50.5 Å². The van der Waals surface area contributed by atoms with Gasteiger partial charge in [0.15, 0.2) is 5.78 Å². The summed E-state index contributed by atoms with van der Waals surface area (Å²) < 4.78 is 5.37. The van der Waals surface area contributed by atoms with E-state index in [0.717, 1.165) is 10.9 Å². The third-order valence-corrected chi connectivity index (χ3v) is 5.61. The lowest BCUT2D eigenvalue weighted by Gasteiger charge is -2.01. The van der Waals surface area contributed by atoms with Crippen molar-refractivity contribution in [2.45, 2.75) is 6.42 Å². The zero-order valence-corrected chi connectivity index (χ0v) is 16.4. The highest BCUT2D eigenvalue weighted by Gasteiger charge is 2.25. The molecule has 0 radical (unpaired) electrons. The van der Waals surface area contributed by atoms with Gasteiger partial charge in [-0.15, -0.1) is 11.3 Å². The molecule has 1 aliphatic carbocycles. The van der Waals surface area contributed by atoms with Crippen molar-refractivity contribution in [3.8, 4) is 11.3 Å². The van der Waals surface area contributed by atoms with Gasteiger partial charge < -0.3 is 4.42 Å². The Hall–Kier alpha value is -3.29. The predicted octanol–water partition coefficient (Wildman–Crippen LogP) is 4.97. The molecule has 0 atom stereocenters. The van der Waals surface area contributed by atoms with Gasteiger partial charge in [0.2, 0.25) is 5.13 Å². The maximum Gasteiger partial charge on any atom is 0.345 e. The van der Waals surface area contributed by atoms with Crippen LogP contribution in [0.4, 0.5) is 5.13 Å². The number of halogens is 1. The van der Waals surface area contributed by atoms with Gasteiger partial charge in [-0.2, -0.15) is 5.10 Å². The first-order valence-electron chi connectivity index (χ1n) is 8.73. The fourth-order valence-electron chi connectivity index (χ4n) is 3.26. The number of carbonyl (C=O) groups excluding carboxylic acids is 1. The first-order valence-corrected chi connectivity index (χ1v) is 9.99. The number of rotatable bonds is 3. The summed E-state index contributed by atoms with van der Waals surface area (Å²) in [5.41, 5.74) is 5.89. The standard InChI is InChI=1S/C21H12ClN3O3S/c22-12-5-6-19-11(7-12)8-15(20(27)28-19)17-10-29-21(23-17)25-24-16-9-18(26)14-4-2-1-3-13(14)16/h1-8,10H,9H2,(H,23,25). The summed E-state index contributed by atoms with van der Waals surface area (Å²) in [5, 5.41) is 7.88. The van der Waals surface area contributed by atoms with Gasteiger partial charge in [-0.1, -0.05) is 35.9 Å². The summed E-state index contributed by atoms with van der Waals surface area (Å²) in [6, 6.07) is 14.2. The zero-order valence-electron chi connectivity index (χ0n) is 14.8. The Morgan fingerprint density at radius 3 is 2.76 bits per heavy atom. The normalized spacial score (nSPS) is 14.5. The largest absolute Gasteiger partial charge is 0.422 e. The van der Waals surface area contributed by atoms with Crippen molar-refractivity contribution < 1.29 is 9.21 Å². The van der Waals surface area contributed by atoms with Crippen LogP contribution in [-0.4, -0.2) is 16.5 Å². The Morgan fingerprint density at radius 1 is 1.07 bits per heavy atom. The molecule has 5 rings (SSSR count). The second-order valence-electron chi connectivity index (χ2n) is 6.48. The van der Waals surface area contributed by atoms with Crippen molar-refractivity contribution in [2.75, 3.05) is 5.43 Å². The minimum atomic E-state index is -0.474. The number of benzene rings is 2. The summed E-state index contributed by atoms with van der Waals surface area (Å²) in [5.74, 6) is 0.0495. The summed E-state index contributed by atoms with van der Waals surface area (Å²) >= 11 is 7.33. The third kappa shape index (κ3) is 3.24. The van der Waals surface area contributed by atoms with Crippen molar-refractivity contribution in [3.63, 3.8) is 0 Å². The number of nitrogens with zero attached hydrogens (tertiary/aromatic N) is 2. The number of hydrogen-bond donors (Lipinski definition) is 1. The number of hydrazone groups is 1. The molecular weight excluding hydrogens is 410 g/mol. The van der Waals surface area contributed by atoms with Gasteiger partial charge in [-0.3, -0.25) is 10.2 Å². The molecule has 2 aromatic carbocycles. The van der Waals surface area contributed by atoms with Crippen LogP contribution in [0.15, 0.2) is 68.2 Å². The second-order valence-corrected chi connectivity index (χ2v) is 7.78. The number of ketones is 1. The molecule has 29 heavy (non-hydrogen) atoms. The number of nitrogens with one attached hydrogen (secondary N) is 1. The quantitative estimate of drug-likeness (QED) is 0.373. The van der Waals surface area contributed by atoms with Gasteiger partial charge in [-0.25, -0.2) is 9.78 Å². The minimum Gasteiger partial charge on any atom is -0.422 e. The van der Waals surface area contributed by atoms with Crippen molar-refractivity contribution in [3.05, 3.63) is 80.5 Å². The van der Waals surface area contributed by atoms with Crippen molar-refractivity contribution in [2.24, 2.45) is 5.10 Å². The Kier molecular flexibility index (Phi) is 4.26. The summed E-state index contributed by atoms with van der Waals surface area (Å²) in [7, 11) is 0. The van der Waals surface area contributed by atoms with Gasteiger partial charge in [-0.05, 0) is 24.3 Å². The molecule has 0 unspecified atom stereocenters. The lowest BCUT2D eigenvalue weighted by atomic mass is 10.1. The summed E-state index contributed by atoms with van der Waals surface area (Å²) in [6.07, 6.45) is 0.250. The number of anilines is 1. The summed E-state index contributed by atoms with van der Waals surface area (Å²) in [4.78, 5) is 28.8. The molecule has 0 amide bonds. The van der Waals surface area contributed by atoms with E-state index >= 15 is 0 Å². The van der Waals surface area contributed by atoms with Crippen LogP contribution in [0.25, 0.3) is 22.2 Å².